The van der Waals surface area contributed by atoms with Crippen molar-refractivity contribution in [3.63, 3.8) is 0 Å². The molecule has 0 amide bonds. The molecule has 1 atom stereocenters. The molecule has 0 aliphatic rings. The summed E-state index contributed by atoms with van der Waals surface area (Å²) in [6.45, 7) is 1.14. The number of ether oxygens (including phenoxy) is 3. The number of hydrogen-bond acceptors (Lipinski definition) is 8. The number of fused-ring (bicyclic) bond motifs is 1. The molecule has 9 nitrogen and oxygen atoms in total. The number of carbonyl (C=O) groups excluding carboxylic acids is 2. The molecule has 1 unspecified atom stereocenters. The minimum atomic E-state index is -3.55. The lowest BCUT2D eigenvalue weighted by Gasteiger charge is -2.19. The second-order valence-corrected chi connectivity index (χ2v) is 9.53. The van der Waals surface area contributed by atoms with Crippen molar-refractivity contribution in [3.05, 3.63) is 71.9 Å². The van der Waals surface area contributed by atoms with Crippen molar-refractivity contribution in [2.45, 2.75) is 25.7 Å². The lowest BCUT2D eigenvalue weighted by atomic mass is 10.1. The standard InChI is InChI=1S/C25H29NO8S/c1-31-25(28)24(27)22-16-26(23-11-7-6-10-21(22)23)13-12-20(33-14-15-34-35(2,29)30)18-32-17-19-8-4-3-5-9-19/h3-11,16,20H,12-15,17-18H2,1-2H3. The van der Waals surface area contributed by atoms with Gasteiger partial charge in [-0.15, -0.1) is 0 Å². The molecule has 1 heterocycles. The summed E-state index contributed by atoms with van der Waals surface area (Å²) in [4.78, 5) is 24.3. The van der Waals surface area contributed by atoms with Crippen molar-refractivity contribution >= 4 is 32.8 Å². The fraction of sp³-hybridized carbons (Fsp3) is 0.360. The van der Waals surface area contributed by atoms with E-state index in [2.05, 4.69) is 4.74 Å². The van der Waals surface area contributed by atoms with Crippen LogP contribution in [0.1, 0.15) is 22.3 Å². The maximum atomic E-state index is 12.5. The number of aryl methyl sites for hydroxylation is 1. The number of aromatic nitrogens is 1. The third-order valence-corrected chi connectivity index (χ3v) is 5.84. The van der Waals surface area contributed by atoms with Crippen molar-refractivity contribution in [1.82, 2.24) is 4.57 Å². The minimum Gasteiger partial charge on any atom is -0.463 e. The van der Waals surface area contributed by atoms with Gasteiger partial charge in [-0.1, -0.05) is 48.5 Å². The van der Waals surface area contributed by atoms with Gasteiger partial charge in [0.15, 0.2) is 0 Å². The van der Waals surface area contributed by atoms with E-state index in [1.54, 1.807) is 18.3 Å². The third-order valence-electron chi connectivity index (χ3n) is 5.25. The number of hydrogen-bond donors (Lipinski definition) is 0. The van der Waals surface area contributed by atoms with Gasteiger partial charge >= 0.3 is 5.97 Å². The van der Waals surface area contributed by atoms with Gasteiger partial charge in [-0.25, -0.2) is 4.79 Å². The van der Waals surface area contributed by atoms with E-state index in [4.69, 9.17) is 13.7 Å². The Bertz CT molecular complexity index is 1240. The minimum absolute atomic E-state index is 0.0743. The van der Waals surface area contributed by atoms with Crippen molar-refractivity contribution < 1.29 is 36.4 Å². The van der Waals surface area contributed by atoms with Gasteiger partial charge < -0.3 is 18.8 Å². The maximum Gasteiger partial charge on any atom is 0.379 e. The zero-order valence-electron chi connectivity index (χ0n) is 19.7. The summed E-state index contributed by atoms with van der Waals surface area (Å²) in [6.07, 6.45) is 2.77. The van der Waals surface area contributed by atoms with E-state index in [0.717, 1.165) is 17.3 Å². The average molecular weight is 504 g/mol. The van der Waals surface area contributed by atoms with Gasteiger partial charge in [0, 0.05) is 23.6 Å². The summed E-state index contributed by atoms with van der Waals surface area (Å²) in [6, 6.07) is 17.0. The van der Waals surface area contributed by atoms with Crippen molar-refractivity contribution in [3.8, 4) is 0 Å². The number of rotatable bonds is 14. The molecule has 0 fully saturated rings. The Labute approximate surface area is 204 Å². The van der Waals surface area contributed by atoms with Gasteiger partial charge in [-0.2, -0.15) is 8.42 Å². The zero-order valence-corrected chi connectivity index (χ0v) is 20.5. The molecule has 10 heteroatoms. The van der Waals surface area contributed by atoms with Gasteiger partial charge in [0.25, 0.3) is 15.9 Å². The van der Waals surface area contributed by atoms with Crippen LogP contribution in [0, 0.1) is 0 Å². The third kappa shape index (κ3) is 8.00. The van der Waals surface area contributed by atoms with E-state index in [-0.39, 0.29) is 31.5 Å². The summed E-state index contributed by atoms with van der Waals surface area (Å²) in [5.41, 5.74) is 2.09. The number of benzene rings is 2. The summed E-state index contributed by atoms with van der Waals surface area (Å²) in [7, 11) is -2.38. The predicted molar refractivity (Wildman–Crippen MR) is 130 cm³/mol. The van der Waals surface area contributed by atoms with Gasteiger partial charge in [0.1, 0.15) is 0 Å². The lowest BCUT2D eigenvalue weighted by Crippen LogP contribution is -2.24. The number of ketones is 1. The van der Waals surface area contributed by atoms with Gasteiger partial charge in [-0.3, -0.25) is 8.98 Å². The fourth-order valence-corrected chi connectivity index (χ4v) is 3.97. The summed E-state index contributed by atoms with van der Waals surface area (Å²) < 4.78 is 45.3. The Morgan fingerprint density at radius 2 is 1.71 bits per heavy atom. The van der Waals surface area contributed by atoms with Gasteiger partial charge in [-0.05, 0) is 18.1 Å². The second kappa shape index (κ2) is 12.6. The normalized spacial score (nSPS) is 12.5. The predicted octanol–water partition coefficient (Wildman–Crippen LogP) is 2.97. The Balaban J connectivity index is 1.68. The first-order valence-electron chi connectivity index (χ1n) is 11.1. The Morgan fingerprint density at radius 1 is 1.00 bits per heavy atom. The topological polar surface area (TPSA) is 110 Å². The molecule has 1 aromatic heterocycles. The fourth-order valence-electron chi connectivity index (χ4n) is 3.60. The number of carbonyl (C=O) groups is 2. The molecule has 3 aromatic rings. The molecule has 0 radical (unpaired) electrons. The molecule has 35 heavy (non-hydrogen) atoms. The number of esters is 1. The first-order chi connectivity index (χ1) is 16.8. The van der Waals surface area contributed by atoms with Gasteiger partial charge in [0.05, 0.1) is 51.5 Å². The van der Waals surface area contributed by atoms with E-state index in [1.807, 2.05) is 47.0 Å². The highest BCUT2D eigenvalue weighted by atomic mass is 32.2. The molecule has 188 valence electrons. The summed E-state index contributed by atoms with van der Waals surface area (Å²) in [5.74, 6) is -1.63. The lowest BCUT2D eigenvalue weighted by molar-refractivity contribution is -0.135. The quantitative estimate of drug-likeness (QED) is 0.109. The smallest absolute Gasteiger partial charge is 0.379 e. The average Bonchev–Trinajstić information content (AvgIpc) is 3.22. The second-order valence-electron chi connectivity index (χ2n) is 7.88. The Kier molecular flexibility index (Phi) is 9.55. The van der Waals surface area contributed by atoms with Crippen LogP contribution in [0.4, 0.5) is 0 Å². The van der Waals surface area contributed by atoms with Crippen LogP contribution < -0.4 is 0 Å². The van der Waals surface area contributed by atoms with Crippen LogP contribution in [-0.2, 0) is 46.5 Å². The van der Waals surface area contributed by atoms with E-state index in [1.165, 1.54) is 7.11 Å². The highest BCUT2D eigenvalue weighted by molar-refractivity contribution is 7.85. The molecule has 0 spiro atoms. The van der Waals surface area contributed by atoms with Crippen LogP contribution in [0.2, 0.25) is 0 Å². The monoisotopic (exact) mass is 503 g/mol. The summed E-state index contributed by atoms with van der Waals surface area (Å²) >= 11 is 0. The highest BCUT2D eigenvalue weighted by Gasteiger charge is 2.22. The molecule has 0 N–H and O–H groups in total. The molecule has 3 rings (SSSR count). The molecular formula is C25H29NO8S. The first-order valence-corrected chi connectivity index (χ1v) is 12.9. The molecule has 0 aliphatic heterocycles. The number of methoxy groups -OCH3 is 1. The molecule has 2 aromatic carbocycles. The van der Waals surface area contributed by atoms with Crippen LogP contribution in [0.15, 0.2) is 60.8 Å². The van der Waals surface area contributed by atoms with Crippen molar-refractivity contribution in [2.75, 3.05) is 33.2 Å². The summed E-state index contributed by atoms with van der Waals surface area (Å²) in [5, 5.41) is 0.655. The highest BCUT2D eigenvalue weighted by Crippen LogP contribution is 2.23. The molecule has 0 saturated heterocycles. The largest absolute Gasteiger partial charge is 0.463 e. The van der Waals surface area contributed by atoms with E-state index < -0.39 is 21.9 Å². The van der Waals surface area contributed by atoms with Crippen molar-refractivity contribution in [2.24, 2.45) is 0 Å². The SMILES string of the molecule is COC(=O)C(=O)c1cn(CCC(COCc2ccccc2)OCCOS(C)(=O)=O)c2ccccc12. The number of Topliss-reactive ketones (excluding diaryl/α,β-unsaturated/α-hetero) is 1. The van der Waals surface area contributed by atoms with E-state index in [0.29, 0.717) is 25.0 Å². The van der Waals surface area contributed by atoms with E-state index >= 15 is 0 Å². The van der Waals surface area contributed by atoms with E-state index in [9.17, 15) is 18.0 Å². The van der Waals surface area contributed by atoms with Crippen LogP contribution in [0.5, 0.6) is 0 Å². The van der Waals surface area contributed by atoms with Crippen LogP contribution >= 0.6 is 0 Å². The zero-order chi connectivity index (χ0) is 25.3. The Hall–Kier alpha value is -3.05. The molecule has 0 aliphatic carbocycles. The first kappa shape index (κ1) is 26.6. The number of nitrogens with zero attached hydrogens (tertiary/aromatic N) is 1. The van der Waals surface area contributed by atoms with Crippen LogP contribution in [-0.4, -0.2) is 64.0 Å². The van der Waals surface area contributed by atoms with Gasteiger partial charge in [0.2, 0.25) is 0 Å². The Morgan fingerprint density at radius 3 is 2.43 bits per heavy atom. The van der Waals surface area contributed by atoms with Crippen LogP contribution in [0.3, 0.4) is 0 Å². The number of para-hydroxylation sites is 1. The molecule has 0 saturated carbocycles. The van der Waals surface area contributed by atoms with Crippen LogP contribution in [0.25, 0.3) is 10.9 Å². The maximum absolute atomic E-state index is 12.5. The molecular weight excluding hydrogens is 474 g/mol. The van der Waals surface area contributed by atoms with Crippen molar-refractivity contribution in [1.29, 1.82) is 0 Å². The molecule has 0 bridgehead atoms.